The number of primary amides is 1. The van der Waals surface area contributed by atoms with E-state index in [2.05, 4.69) is 30.8 Å². The Labute approximate surface area is 230 Å². The molecule has 2 fully saturated rings. The summed E-state index contributed by atoms with van der Waals surface area (Å²) >= 11 is 0. The standard InChI is InChI=1S/C27H30N10O3/c28-24(38)23-25(31-19-5-3-18(4-6-19)26(39)35-12-14-40-15-13-35)32-27(34-33-23)37-10-1-2-20(17-37)30-21-7-8-22-29-9-11-36(22)16-21/h3-9,11,16,20,30H,1-2,10,12-15,17H2,(H2,28,38)(H,31,32,34)/t20-/m1/s1. The number of fused-ring (bicyclic) bond motifs is 1. The third-order valence-electron chi connectivity index (χ3n) is 7.07. The topological polar surface area (TPSA) is 156 Å². The van der Waals surface area contributed by atoms with Gasteiger partial charge in [-0.3, -0.25) is 9.59 Å². The lowest BCUT2D eigenvalue weighted by molar-refractivity contribution is 0.0303. The second-order valence-corrected chi connectivity index (χ2v) is 9.82. The van der Waals surface area contributed by atoms with Crippen LogP contribution in [0.15, 0.2) is 55.0 Å². The highest BCUT2D eigenvalue weighted by Crippen LogP contribution is 2.24. The molecule has 0 aliphatic carbocycles. The molecule has 0 unspecified atom stereocenters. The van der Waals surface area contributed by atoms with Crippen LogP contribution in [0.4, 0.5) is 23.1 Å². The van der Waals surface area contributed by atoms with Gasteiger partial charge in [-0.2, -0.15) is 4.98 Å². The van der Waals surface area contributed by atoms with Crippen molar-refractivity contribution in [2.24, 2.45) is 5.73 Å². The Hall–Kier alpha value is -4.78. The molecular formula is C27H30N10O3. The Morgan fingerprint density at radius 1 is 1.00 bits per heavy atom. The number of benzene rings is 1. The van der Waals surface area contributed by atoms with Crippen LogP contribution in [0.1, 0.15) is 33.7 Å². The van der Waals surface area contributed by atoms with Crippen molar-refractivity contribution in [1.29, 1.82) is 0 Å². The lowest BCUT2D eigenvalue weighted by atomic mass is 10.1. The van der Waals surface area contributed by atoms with Gasteiger partial charge in [-0.05, 0) is 49.2 Å². The van der Waals surface area contributed by atoms with E-state index in [9.17, 15) is 9.59 Å². The minimum Gasteiger partial charge on any atom is -0.379 e. The first-order valence-corrected chi connectivity index (χ1v) is 13.3. The van der Waals surface area contributed by atoms with Gasteiger partial charge in [0.25, 0.3) is 11.8 Å². The number of ether oxygens (including phenoxy) is 1. The number of imidazole rings is 1. The molecule has 0 bridgehead atoms. The normalized spacial score (nSPS) is 17.6. The van der Waals surface area contributed by atoms with Gasteiger partial charge < -0.3 is 35.3 Å². The summed E-state index contributed by atoms with van der Waals surface area (Å²) in [5, 5.41) is 15.0. The number of anilines is 4. The van der Waals surface area contributed by atoms with E-state index in [0.29, 0.717) is 50.0 Å². The molecule has 0 saturated carbocycles. The maximum absolute atomic E-state index is 12.8. The van der Waals surface area contributed by atoms with Gasteiger partial charge in [0.15, 0.2) is 11.5 Å². The molecular weight excluding hydrogens is 512 g/mol. The molecule has 1 aromatic carbocycles. The zero-order valence-electron chi connectivity index (χ0n) is 21.9. The summed E-state index contributed by atoms with van der Waals surface area (Å²) < 4.78 is 7.30. The minimum absolute atomic E-state index is 0.0446. The van der Waals surface area contributed by atoms with Gasteiger partial charge in [0.2, 0.25) is 5.95 Å². The lowest BCUT2D eigenvalue weighted by Crippen LogP contribution is -2.43. The summed E-state index contributed by atoms with van der Waals surface area (Å²) in [6, 6.07) is 11.2. The molecule has 1 atom stereocenters. The zero-order valence-corrected chi connectivity index (χ0v) is 21.9. The van der Waals surface area contributed by atoms with Gasteiger partial charge in [-0.25, -0.2) is 4.98 Å². The fourth-order valence-corrected chi connectivity index (χ4v) is 5.00. The van der Waals surface area contributed by atoms with Crippen molar-refractivity contribution in [1.82, 2.24) is 29.5 Å². The predicted molar refractivity (Wildman–Crippen MR) is 149 cm³/mol. The van der Waals surface area contributed by atoms with Gasteiger partial charge in [-0.1, -0.05) is 0 Å². The molecule has 13 heteroatoms. The molecule has 2 aliphatic heterocycles. The van der Waals surface area contributed by atoms with Gasteiger partial charge in [0.1, 0.15) is 5.65 Å². The molecule has 0 radical (unpaired) electrons. The number of nitrogens with zero attached hydrogens (tertiary/aromatic N) is 7. The van der Waals surface area contributed by atoms with Crippen molar-refractivity contribution in [2.75, 3.05) is 54.9 Å². The number of morpholine rings is 1. The zero-order chi connectivity index (χ0) is 27.5. The molecule has 4 aromatic rings. The highest BCUT2D eigenvalue weighted by molar-refractivity contribution is 5.97. The van der Waals surface area contributed by atoms with E-state index >= 15 is 0 Å². The largest absolute Gasteiger partial charge is 0.379 e. The van der Waals surface area contributed by atoms with Crippen LogP contribution in [0.25, 0.3) is 5.65 Å². The lowest BCUT2D eigenvalue weighted by Gasteiger charge is -2.33. The van der Waals surface area contributed by atoms with Crippen LogP contribution in [0.3, 0.4) is 0 Å². The third-order valence-corrected chi connectivity index (χ3v) is 7.07. The average molecular weight is 543 g/mol. The fourth-order valence-electron chi connectivity index (χ4n) is 5.00. The summed E-state index contributed by atoms with van der Waals surface area (Å²) in [6.45, 7) is 3.65. The minimum atomic E-state index is -0.735. The number of hydrogen-bond donors (Lipinski definition) is 3. The van der Waals surface area contributed by atoms with E-state index in [1.165, 1.54) is 0 Å². The van der Waals surface area contributed by atoms with Crippen LogP contribution in [0, 0.1) is 0 Å². The van der Waals surface area contributed by atoms with Gasteiger partial charge >= 0.3 is 0 Å². The highest BCUT2D eigenvalue weighted by atomic mass is 16.5. The number of amides is 2. The molecule has 6 rings (SSSR count). The Morgan fingerprint density at radius 2 is 1.80 bits per heavy atom. The average Bonchev–Trinajstić information content (AvgIpc) is 3.46. The van der Waals surface area contributed by atoms with E-state index < -0.39 is 5.91 Å². The van der Waals surface area contributed by atoms with Crippen LogP contribution in [-0.2, 0) is 4.74 Å². The SMILES string of the molecule is NC(=O)c1nnc(N2CCC[C@@H](Nc3ccc4nccn4c3)C2)nc1Nc1ccc(C(=O)N2CCOCC2)cc1. The molecule has 2 saturated heterocycles. The smallest absolute Gasteiger partial charge is 0.273 e. The molecule has 2 amide bonds. The number of nitrogens with two attached hydrogens (primary N) is 1. The molecule has 3 aromatic heterocycles. The Kier molecular flexibility index (Phi) is 7.10. The molecule has 206 valence electrons. The summed E-state index contributed by atoms with van der Waals surface area (Å²) in [6.07, 6.45) is 7.63. The van der Waals surface area contributed by atoms with E-state index in [4.69, 9.17) is 10.5 Å². The summed E-state index contributed by atoms with van der Waals surface area (Å²) in [5.74, 6) is -0.160. The van der Waals surface area contributed by atoms with Crippen molar-refractivity contribution < 1.29 is 14.3 Å². The Bertz CT molecular complexity index is 1520. The first kappa shape index (κ1) is 25.5. The first-order chi connectivity index (χ1) is 19.5. The van der Waals surface area contributed by atoms with Crippen LogP contribution in [-0.4, -0.2) is 86.7 Å². The second-order valence-electron chi connectivity index (χ2n) is 9.82. The van der Waals surface area contributed by atoms with Crippen LogP contribution in [0.2, 0.25) is 0 Å². The van der Waals surface area contributed by atoms with Gasteiger partial charge in [0, 0.05) is 62.1 Å². The Balaban J connectivity index is 1.16. The van der Waals surface area contributed by atoms with E-state index in [1.807, 2.05) is 33.8 Å². The molecule has 40 heavy (non-hydrogen) atoms. The fraction of sp³-hybridized carbons (Fsp3) is 0.333. The summed E-state index contributed by atoms with van der Waals surface area (Å²) in [7, 11) is 0. The summed E-state index contributed by atoms with van der Waals surface area (Å²) in [5.41, 5.74) is 8.62. The number of aromatic nitrogens is 5. The number of pyridine rings is 1. The van der Waals surface area contributed by atoms with E-state index in [1.54, 1.807) is 35.4 Å². The molecule has 2 aliphatic rings. The first-order valence-electron chi connectivity index (χ1n) is 13.3. The van der Waals surface area contributed by atoms with Crippen molar-refractivity contribution in [2.45, 2.75) is 18.9 Å². The van der Waals surface area contributed by atoms with Gasteiger partial charge in [0.05, 0.1) is 18.9 Å². The maximum Gasteiger partial charge on any atom is 0.273 e. The van der Waals surface area contributed by atoms with E-state index in [-0.39, 0.29) is 23.5 Å². The molecule has 0 spiro atoms. The van der Waals surface area contributed by atoms with Gasteiger partial charge in [-0.15, -0.1) is 10.2 Å². The van der Waals surface area contributed by atoms with Crippen molar-refractivity contribution in [3.05, 3.63) is 66.2 Å². The van der Waals surface area contributed by atoms with Crippen LogP contribution >= 0.6 is 0 Å². The molecule has 4 N–H and O–H groups in total. The van der Waals surface area contributed by atoms with Crippen LogP contribution < -0.4 is 21.3 Å². The molecule has 5 heterocycles. The number of carbonyl (C=O) groups is 2. The predicted octanol–water partition coefficient (Wildman–Crippen LogP) is 1.92. The van der Waals surface area contributed by atoms with Crippen molar-refractivity contribution in [3.8, 4) is 0 Å². The monoisotopic (exact) mass is 542 g/mol. The van der Waals surface area contributed by atoms with Crippen molar-refractivity contribution in [3.63, 3.8) is 0 Å². The number of piperidine rings is 1. The second kappa shape index (κ2) is 11.1. The van der Waals surface area contributed by atoms with Crippen LogP contribution in [0.5, 0.6) is 0 Å². The number of hydrogen-bond acceptors (Lipinski definition) is 10. The third kappa shape index (κ3) is 5.50. The summed E-state index contributed by atoms with van der Waals surface area (Å²) in [4.78, 5) is 37.6. The quantitative estimate of drug-likeness (QED) is 0.315. The maximum atomic E-state index is 12.8. The highest BCUT2D eigenvalue weighted by Gasteiger charge is 2.25. The number of nitrogens with one attached hydrogen (secondary N) is 2. The Morgan fingerprint density at radius 3 is 2.60 bits per heavy atom. The number of carbonyl (C=O) groups excluding carboxylic acids is 2. The molecule has 13 nitrogen and oxygen atoms in total. The van der Waals surface area contributed by atoms with Crippen molar-refractivity contribution >= 4 is 40.6 Å². The number of rotatable bonds is 7. The van der Waals surface area contributed by atoms with E-state index in [0.717, 1.165) is 30.7 Å².